The Morgan fingerprint density at radius 1 is 1.11 bits per heavy atom. The Morgan fingerprint density at radius 3 is 2.33 bits per heavy atom. The molecule has 2 saturated carbocycles. The molecule has 0 radical (unpaired) electrons. The van der Waals surface area contributed by atoms with E-state index in [-0.39, 0.29) is 17.4 Å². The van der Waals surface area contributed by atoms with Crippen molar-refractivity contribution >= 4 is 0 Å². The van der Waals surface area contributed by atoms with Gasteiger partial charge >= 0.3 is 0 Å². The van der Waals surface area contributed by atoms with E-state index in [1.54, 1.807) is 6.92 Å². The lowest BCUT2D eigenvalue weighted by molar-refractivity contribution is -0.175. The summed E-state index contributed by atoms with van der Waals surface area (Å²) in [6.07, 6.45) is 6.01. The number of hydrogen-bond acceptors (Lipinski definition) is 4. The highest BCUT2D eigenvalue weighted by molar-refractivity contribution is 5.07. The van der Waals surface area contributed by atoms with Crippen LogP contribution >= 0.6 is 0 Å². The summed E-state index contributed by atoms with van der Waals surface area (Å²) in [5.41, 5.74) is -1.44. The van der Waals surface area contributed by atoms with Gasteiger partial charge in [0.05, 0.1) is 17.3 Å². The third kappa shape index (κ3) is 4.88. The molecule has 3 unspecified atom stereocenters. The summed E-state index contributed by atoms with van der Waals surface area (Å²) in [4.78, 5) is 0. The molecule has 4 heteroatoms. The normalized spacial score (nSPS) is 39.7. The van der Waals surface area contributed by atoms with Gasteiger partial charge in [-0.1, -0.05) is 41.0 Å². The number of fused-ring (bicyclic) bond motifs is 1. The molecular formula is C23H45NO3. The first-order valence-electron chi connectivity index (χ1n) is 11.1. The van der Waals surface area contributed by atoms with Crippen LogP contribution in [0.4, 0.5) is 0 Å². The molecule has 0 spiro atoms. The molecule has 0 saturated heterocycles. The molecule has 160 valence electrons. The second kappa shape index (κ2) is 7.93. The van der Waals surface area contributed by atoms with E-state index in [0.717, 1.165) is 25.7 Å². The van der Waals surface area contributed by atoms with Gasteiger partial charge in [-0.15, -0.1) is 0 Å². The predicted molar refractivity (Wildman–Crippen MR) is 112 cm³/mol. The fourth-order valence-electron chi connectivity index (χ4n) is 6.44. The number of hydrogen-bond donors (Lipinski definition) is 4. The molecule has 0 aromatic rings. The largest absolute Gasteiger partial charge is 0.390 e. The van der Waals surface area contributed by atoms with Crippen LogP contribution in [0.2, 0.25) is 0 Å². The summed E-state index contributed by atoms with van der Waals surface area (Å²) >= 11 is 0. The molecule has 27 heavy (non-hydrogen) atoms. The maximum Gasteiger partial charge on any atom is 0.0948 e. The first kappa shape index (κ1) is 23.1. The van der Waals surface area contributed by atoms with Crippen molar-refractivity contribution < 1.29 is 15.3 Å². The van der Waals surface area contributed by atoms with Gasteiger partial charge in [-0.3, -0.25) is 0 Å². The second-order valence-electron chi connectivity index (χ2n) is 11.3. The smallest absolute Gasteiger partial charge is 0.0948 e. The van der Waals surface area contributed by atoms with Crippen LogP contribution in [0, 0.1) is 22.7 Å². The van der Waals surface area contributed by atoms with Gasteiger partial charge in [0.25, 0.3) is 0 Å². The van der Waals surface area contributed by atoms with Crippen molar-refractivity contribution in [3.8, 4) is 0 Å². The number of rotatable bonds is 7. The van der Waals surface area contributed by atoms with Crippen LogP contribution in [0.3, 0.4) is 0 Å². The highest BCUT2D eigenvalue weighted by Crippen LogP contribution is 2.63. The van der Waals surface area contributed by atoms with Gasteiger partial charge < -0.3 is 20.6 Å². The minimum Gasteiger partial charge on any atom is -0.390 e. The van der Waals surface area contributed by atoms with Crippen molar-refractivity contribution in [3.05, 3.63) is 0 Å². The standard InChI is InChI=1S/C23H45NO3/c1-16(2)24-15-19(25)23(7,27)14-10-18-21(5)12-8-11-20(3,4)17(21)9-13-22(18,6)26/h16-19,24-27H,8-15H2,1-7H3/t17?,18-,19?,21+,22-,23?/m1/s1. The van der Waals surface area contributed by atoms with E-state index in [9.17, 15) is 15.3 Å². The van der Waals surface area contributed by atoms with Crippen LogP contribution < -0.4 is 5.32 Å². The average molecular weight is 384 g/mol. The minimum absolute atomic E-state index is 0.0979. The zero-order chi connectivity index (χ0) is 20.7. The van der Waals surface area contributed by atoms with Crippen LogP contribution in [0.15, 0.2) is 0 Å². The first-order chi connectivity index (χ1) is 12.2. The molecule has 2 aliphatic carbocycles. The number of nitrogens with one attached hydrogen (secondary N) is 1. The van der Waals surface area contributed by atoms with Crippen LogP contribution in [0.5, 0.6) is 0 Å². The molecule has 2 rings (SSSR count). The lowest BCUT2D eigenvalue weighted by Gasteiger charge is -2.61. The lowest BCUT2D eigenvalue weighted by atomic mass is 9.45. The maximum atomic E-state index is 11.3. The average Bonchev–Trinajstić information content (AvgIpc) is 2.50. The van der Waals surface area contributed by atoms with Crippen molar-refractivity contribution in [3.63, 3.8) is 0 Å². The van der Waals surface area contributed by atoms with Gasteiger partial charge in [-0.25, -0.2) is 0 Å². The maximum absolute atomic E-state index is 11.3. The molecule has 0 bridgehead atoms. The molecule has 4 nitrogen and oxygen atoms in total. The second-order valence-corrected chi connectivity index (χ2v) is 11.3. The number of aliphatic hydroxyl groups is 3. The Balaban J connectivity index is 2.14. The van der Waals surface area contributed by atoms with E-state index in [0.29, 0.717) is 24.3 Å². The van der Waals surface area contributed by atoms with Gasteiger partial charge in [-0.05, 0) is 75.0 Å². The fourth-order valence-corrected chi connectivity index (χ4v) is 6.44. The summed E-state index contributed by atoms with van der Waals surface area (Å²) in [5, 5.41) is 35.9. The van der Waals surface area contributed by atoms with E-state index < -0.39 is 17.3 Å². The third-order valence-electron chi connectivity index (χ3n) is 8.14. The molecule has 0 aromatic heterocycles. The summed E-state index contributed by atoms with van der Waals surface area (Å²) in [7, 11) is 0. The van der Waals surface area contributed by atoms with Crippen molar-refractivity contribution in [2.75, 3.05) is 6.54 Å². The monoisotopic (exact) mass is 383 g/mol. The predicted octanol–water partition coefficient (Wildman–Crippen LogP) is 3.87. The molecule has 4 N–H and O–H groups in total. The first-order valence-corrected chi connectivity index (χ1v) is 11.1. The molecule has 0 aromatic carbocycles. The summed E-state index contributed by atoms with van der Waals surface area (Å²) in [6, 6.07) is 0.277. The van der Waals surface area contributed by atoms with Crippen molar-refractivity contribution in [2.45, 2.75) is 117 Å². The quantitative estimate of drug-likeness (QED) is 0.538. The van der Waals surface area contributed by atoms with Crippen LogP contribution in [0.1, 0.15) is 93.4 Å². The zero-order valence-corrected chi connectivity index (χ0v) is 18.8. The fraction of sp³-hybridized carbons (Fsp3) is 1.00. The highest BCUT2D eigenvalue weighted by Gasteiger charge is 2.57. The SMILES string of the molecule is CC(C)NCC(O)C(C)(O)CC[C@@H]1[C@@]2(C)CCCC(C)(C)C2CC[C@@]1(C)O. The van der Waals surface area contributed by atoms with E-state index in [4.69, 9.17) is 0 Å². The zero-order valence-electron chi connectivity index (χ0n) is 18.8. The molecule has 6 atom stereocenters. The summed E-state index contributed by atoms with van der Waals surface area (Å²) in [6.45, 7) is 15.3. The Bertz CT molecular complexity index is 500. The molecular weight excluding hydrogens is 338 g/mol. The summed E-state index contributed by atoms with van der Waals surface area (Å²) in [5.74, 6) is 0.765. The topological polar surface area (TPSA) is 72.7 Å². The Hall–Kier alpha value is -0.160. The Morgan fingerprint density at radius 2 is 1.74 bits per heavy atom. The minimum atomic E-state index is -1.15. The summed E-state index contributed by atoms with van der Waals surface area (Å²) < 4.78 is 0. The van der Waals surface area contributed by atoms with Gasteiger partial charge in [0.2, 0.25) is 0 Å². The van der Waals surface area contributed by atoms with Crippen LogP contribution in [0.25, 0.3) is 0 Å². The molecule has 0 amide bonds. The Kier molecular flexibility index (Phi) is 6.79. The molecule has 0 heterocycles. The van der Waals surface area contributed by atoms with Gasteiger partial charge in [0.1, 0.15) is 0 Å². The van der Waals surface area contributed by atoms with E-state index in [1.807, 2.05) is 20.8 Å². The lowest BCUT2D eigenvalue weighted by Crippen LogP contribution is -2.58. The highest BCUT2D eigenvalue weighted by atomic mass is 16.3. The van der Waals surface area contributed by atoms with Crippen LogP contribution in [-0.4, -0.2) is 45.2 Å². The van der Waals surface area contributed by atoms with Gasteiger partial charge in [0.15, 0.2) is 0 Å². The molecule has 0 aliphatic heterocycles. The van der Waals surface area contributed by atoms with Crippen LogP contribution in [-0.2, 0) is 0 Å². The van der Waals surface area contributed by atoms with Crippen molar-refractivity contribution in [1.82, 2.24) is 5.32 Å². The van der Waals surface area contributed by atoms with Crippen molar-refractivity contribution in [1.29, 1.82) is 0 Å². The third-order valence-corrected chi connectivity index (χ3v) is 8.14. The van der Waals surface area contributed by atoms with E-state index in [1.165, 1.54) is 12.8 Å². The van der Waals surface area contributed by atoms with Crippen molar-refractivity contribution in [2.24, 2.45) is 22.7 Å². The van der Waals surface area contributed by atoms with Gasteiger partial charge in [0, 0.05) is 12.6 Å². The molecule has 2 fully saturated rings. The Labute approximate surface area is 167 Å². The van der Waals surface area contributed by atoms with E-state index >= 15 is 0 Å². The van der Waals surface area contributed by atoms with E-state index in [2.05, 4.69) is 26.1 Å². The van der Waals surface area contributed by atoms with Gasteiger partial charge in [-0.2, -0.15) is 0 Å². The molecule has 2 aliphatic rings. The number of aliphatic hydroxyl groups excluding tert-OH is 1.